The van der Waals surface area contributed by atoms with Crippen LogP contribution in [0.1, 0.15) is 39.5 Å². The minimum absolute atomic E-state index is 0.363. The minimum atomic E-state index is 0.363. The Labute approximate surface area is 125 Å². The fourth-order valence-electron chi connectivity index (χ4n) is 2.15. The van der Waals surface area contributed by atoms with E-state index in [1.165, 1.54) is 0 Å². The predicted molar refractivity (Wildman–Crippen MR) is 81.9 cm³/mol. The van der Waals surface area contributed by atoms with E-state index in [-0.39, 0.29) is 0 Å². The van der Waals surface area contributed by atoms with Gasteiger partial charge >= 0.3 is 6.01 Å². The fourth-order valence-corrected chi connectivity index (χ4v) is 2.15. The highest BCUT2D eigenvalue weighted by Crippen LogP contribution is 2.16. The monoisotopic (exact) mass is 295 g/mol. The SMILES string of the molecule is CCCOc1nc(NCC)nc(NCCC2CCCO2)n1. The topological polar surface area (TPSA) is 81.2 Å². The average Bonchev–Trinajstić information content (AvgIpc) is 2.99. The number of anilines is 2. The lowest BCUT2D eigenvalue weighted by Crippen LogP contribution is -2.15. The van der Waals surface area contributed by atoms with E-state index >= 15 is 0 Å². The molecule has 0 aromatic carbocycles. The van der Waals surface area contributed by atoms with Crippen LogP contribution < -0.4 is 15.4 Å². The number of hydrogen-bond acceptors (Lipinski definition) is 7. The first-order chi connectivity index (χ1) is 10.3. The molecule has 0 amide bonds. The molecule has 7 nitrogen and oxygen atoms in total. The lowest BCUT2D eigenvalue weighted by Gasteiger charge is -2.11. The van der Waals surface area contributed by atoms with Crippen LogP contribution in [0.15, 0.2) is 0 Å². The van der Waals surface area contributed by atoms with Crippen molar-refractivity contribution in [2.75, 3.05) is 36.9 Å². The van der Waals surface area contributed by atoms with Crippen molar-refractivity contribution in [1.29, 1.82) is 0 Å². The van der Waals surface area contributed by atoms with Crippen LogP contribution in [0.25, 0.3) is 0 Å². The van der Waals surface area contributed by atoms with Gasteiger partial charge < -0.3 is 20.1 Å². The number of ether oxygens (including phenoxy) is 2. The molecule has 1 fully saturated rings. The Bertz CT molecular complexity index is 424. The van der Waals surface area contributed by atoms with E-state index in [1.807, 2.05) is 13.8 Å². The third-order valence-electron chi connectivity index (χ3n) is 3.16. The predicted octanol–water partition coefficient (Wildman–Crippen LogP) is 2.07. The fraction of sp³-hybridized carbons (Fsp3) is 0.786. The largest absolute Gasteiger partial charge is 0.463 e. The standard InChI is InChI=1S/C14H25N5O2/c1-3-9-21-14-18-12(15-4-2)17-13(19-14)16-8-7-11-6-5-10-20-11/h11H,3-10H2,1-2H3,(H2,15,16,17,18,19). The zero-order chi connectivity index (χ0) is 14.9. The smallest absolute Gasteiger partial charge is 0.323 e. The van der Waals surface area contributed by atoms with E-state index in [4.69, 9.17) is 9.47 Å². The molecule has 21 heavy (non-hydrogen) atoms. The van der Waals surface area contributed by atoms with Gasteiger partial charge in [-0.3, -0.25) is 0 Å². The summed E-state index contributed by atoms with van der Waals surface area (Å²) in [5.74, 6) is 1.09. The zero-order valence-corrected chi connectivity index (χ0v) is 12.9. The molecule has 7 heteroatoms. The second kappa shape index (κ2) is 8.61. The molecule has 118 valence electrons. The summed E-state index contributed by atoms with van der Waals surface area (Å²) in [7, 11) is 0. The second-order valence-corrected chi connectivity index (χ2v) is 4.99. The second-order valence-electron chi connectivity index (χ2n) is 4.99. The van der Waals surface area contributed by atoms with Crippen molar-refractivity contribution in [2.45, 2.75) is 45.6 Å². The van der Waals surface area contributed by atoms with Crippen LogP contribution in [0, 0.1) is 0 Å². The molecule has 2 heterocycles. The summed E-state index contributed by atoms with van der Waals surface area (Å²) in [5.41, 5.74) is 0. The van der Waals surface area contributed by atoms with Gasteiger partial charge in [0.2, 0.25) is 11.9 Å². The molecule has 1 aromatic rings. The summed E-state index contributed by atoms with van der Waals surface area (Å²) in [4.78, 5) is 12.8. The van der Waals surface area contributed by atoms with Gasteiger partial charge in [-0.15, -0.1) is 0 Å². The molecule has 0 bridgehead atoms. The first-order valence-corrected chi connectivity index (χ1v) is 7.80. The van der Waals surface area contributed by atoms with Crippen molar-refractivity contribution in [3.05, 3.63) is 0 Å². The number of nitrogens with one attached hydrogen (secondary N) is 2. The van der Waals surface area contributed by atoms with Crippen molar-refractivity contribution in [2.24, 2.45) is 0 Å². The summed E-state index contributed by atoms with van der Waals surface area (Å²) in [6, 6.07) is 0.363. The normalized spacial score (nSPS) is 17.7. The van der Waals surface area contributed by atoms with Gasteiger partial charge in [-0.25, -0.2) is 0 Å². The summed E-state index contributed by atoms with van der Waals surface area (Å²) in [6.45, 7) is 7.08. The van der Waals surface area contributed by atoms with Crippen molar-refractivity contribution in [1.82, 2.24) is 15.0 Å². The molecular weight excluding hydrogens is 270 g/mol. The van der Waals surface area contributed by atoms with Gasteiger partial charge in [0.05, 0.1) is 12.7 Å². The summed E-state index contributed by atoms with van der Waals surface area (Å²) in [5, 5.41) is 6.31. The number of rotatable bonds is 9. The van der Waals surface area contributed by atoms with Gasteiger partial charge in [-0.1, -0.05) is 6.92 Å². The molecule has 1 aliphatic heterocycles. The van der Waals surface area contributed by atoms with E-state index in [1.54, 1.807) is 0 Å². The van der Waals surface area contributed by atoms with Gasteiger partial charge in [0, 0.05) is 19.7 Å². The van der Waals surface area contributed by atoms with Crippen LogP contribution in [-0.4, -0.2) is 47.4 Å². The van der Waals surface area contributed by atoms with Crippen molar-refractivity contribution < 1.29 is 9.47 Å². The first kappa shape index (κ1) is 15.8. The van der Waals surface area contributed by atoms with Crippen LogP contribution in [0.5, 0.6) is 6.01 Å². The maximum absolute atomic E-state index is 5.60. The van der Waals surface area contributed by atoms with Crippen LogP contribution in [-0.2, 0) is 4.74 Å². The lowest BCUT2D eigenvalue weighted by atomic mass is 10.2. The molecule has 2 rings (SSSR count). The molecule has 1 unspecified atom stereocenters. The molecule has 0 spiro atoms. The zero-order valence-electron chi connectivity index (χ0n) is 12.9. The van der Waals surface area contributed by atoms with E-state index in [0.29, 0.717) is 30.6 Å². The van der Waals surface area contributed by atoms with Crippen LogP contribution in [0.4, 0.5) is 11.9 Å². The molecule has 1 aromatic heterocycles. The van der Waals surface area contributed by atoms with E-state index in [0.717, 1.165) is 45.4 Å². The number of nitrogens with zero attached hydrogens (tertiary/aromatic N) is 3. The molecule has 1 aliphatic rings. The number of aromatic nitrogens is 3. The number of hydrogen-bond donors (Lipinski definition) is 2. The van der Waals surface area contributed by atoms with Crippen molar-refractivity contribution in [3.8, 4) is 6.01 Å². The van der Waals surface area contributed by atoms with E-state index in [2.05, 4.69) is 25.6 Å². The Morgan fingerprint density at radius 3 is 2.67 bits per heavy atom. The molecule has 0 aliphatic carbocycles. The molecule has 1 atom stereocenters. The molecular formula is C14H25N5O2. The van der Waals surface area contributed by atoms with E-state index < -0.39 is 0 Å². The van der Waals surface area contributed by atoms with Crippen LogP contribution >= 0.6 is 0 Å². The van der Waals surface area contributed by atoms with Gasteiger partial charge in [-0.05, 0) is 32.6 Å². The van der Waals surface area contributed by atoms with E-state index in [9.17, 15) is 0 Å². The van der Waals surface area contributed by atoms with Crippen LogP contribution in [0.2, 0.25) is 0 Å². The molecule has 2 N–H and O–H groups in total. The van der Waals surface area contributed by atoms with Crippen molar-refractivity contribution >= 4 is 11.9 Å². The Kier molecular flexibility index (Phi) is 6.46. The summed E-state index contributed by atoms with van der Waals surface area (Å²) < 4.78 is 11.1. The third-order valence-corrected chi connectivity index (χ3v) is 3.16. The Morgan fingerprint density at radius 1 is 1.19 bits per heavy atom. The lowest BCUT2D eigenvalue weighted by molar-refractivity contribution is 0.107. The van der Waals surface area contributed by atoms with Crippen molar-refractivity contribution in [3.63, 3.8) is 0 Å². The molecule has 0 saturated carbocycles. The Morgan fingerprint density at radius 2 is 2.00 bits per heavy atom. The molecule has 1 saturated heterocycles. The highest BCUT2D eigenvalue weighted by Gasteiger charge is 2.15. The van der Waals surface area contributed by atoms with Gasteiger partial charge in [-0.2, -0.15) is 15.0 Å². The molecule has 0 radical (unpaired) electrons. The maximum Gasteiger partial charge on any atom is 0.323 e. The van der Waals surface area contributed by atoms with Gasteiger partial charge in [0.15, 0.2) is 0 Å². The Balaban J connectivity index is 1.90. The minimum Gasteiger partial charge on any atom is -0.463 e. The van der Waals surface area contributed by atoms with Crippen LogP contribution in [0.3, 0.4) is 0 Å². The Hall–Kier alpha value is -1.63. The third kappa shape index (κ3) is 5.34. The summed E-state index contributed by atoms with van der Waals surface area (Å²) in [6.07, 6.45) is 4.56. The first-order valence-electron chi connectivity index (χ1n) is 7.80. The quantitative estimate of drug-likeness (QED) is 0.721. The van der Waals surface area contributed by atoms with Gasteiger partial charge in [0.25, 0.3) is 0 Å². The highest BCUT2D eigenvalue weighted by atomic mass is 16.5. The highest BCUT2D eigenvalue weighted by molar-refractivity contribution is 5.35. The van der Waals surface area contributed by atoms with Gasteiger partial charge in [0.1, 0.15) is 0 Å². The summed E-state index contributed by atoms with van der Waals surface area (Å²) >= 11 is 0. The maximum atomic E-state index is 5.60. The average molecular weight is 295 g/mol.